The Morgan fingerprint density at radius 2 is 2.14 bits per heavy atom. The van der Waals surface area contributed by atoms with Gasteiger partial charge in [-0.15, -0.1) is 32.9 Å². The number of carbonyl (C=O) groups excluding carboxylic acids is 1. The first-order chi connectivity index (χ1) is 13.3. The van der Waals surface area contributed by atoms with E-state index in [1.165, 1.54) is 12.1 Å². The molecule has 12 nitrogen and oxygen atoms in total. The average Bonchev–Trinajstić information content (AvgIpc) is 3.05. The van der Waals surface area contributed by atoms with Crippen LogP contribution in [0.25, 0.3) is 0 Å². The van der Waals surface area contributed by atoms with Gasteiger partial charge in [-0.25, -0.2) is 4.79 Å². The van der Waals surface area contributed by atoms with Crippen LogP contribution in [0, 0.1) is 10.1 Å². The second-order valence-electron chi connectivity index (χ2n) is 4.50. The molecule has 0 atom stereocenters. The summed E-state index contributed by atoms with van der Waals surface area (Å²) in [6, 6.07) is 6.43. The molecule has 0 unspecified atom stereocenters. The zero-order chi connectivity index (χ0) is 20.9. The predicted molar refractivity (Wildman–Crippen MR) is 103 cm³/mol. The zero-order valence-corrected chi connectivity index (χ0v) is 16.5. The molecule has 28 heavy (non-hydrogen) atoms. The van der Waals surface area contributed by atoms with Gasteiger partial charge >= 0.3 is 5.97 Å². The summed E-state index contributed by atoms with van der Waals surface area (Å²) in [4.78, 5) is 36.0. The number of carbonyl (C=O) groups is 2. The Morgan fingerprint density at radius 3 is 2.68 bits per heavy atom. The molecule has 152 valence electrons. The molecule has 1 amide bonds. The van der Waals surface area contributed by atoms with Gasteiger partial charge in [0.05, 0.1) is 12.2 Å². The highest BCUT2D eigenvalue weighted by molar-refractivity contribution is 7.99. The maximum atomic E-state index is 11.2. The molecule has 0 saturated carbocycles. The number of benzene rings is 1. The van der Waals surface area contributed by atoms with E-state index in [-0.39, 0.29) is 25.4 Å². The quantitative estimate of drug-likeness (QED) is 0.142. The van der Waals surface area contributed by atoms with Crippen LogP contribution >= 0.6 is 35.9 Å². The van der Waals surface area contributed by atoms with Crippen LogP contribution in [-0.4, -0.2) is 52.1 Å². The predicted octanol–water partition coefficient (Wildman–Crippen LogP) is 1.14. The summed E-state index contributed by atoms with van der Waals surface area (Å²) in [5.74, 6) is -1.33. The van der Waals surface area contributed by atoms with Gasteiger partial charge in [-0.2, -0.15) is 0 Å². The van der Waals surface area contributed by atoms with E-state index in [0.29, 0.717) is 14.4 Å². The first kappa shape index (κ1) is 23.4. The van der Waals surface area contributed by atoms with E-state index >= 15 is 0 Å². The number of nitrogen functional groups attached to an aromatic ring is 1. The minimum absolute atomic E-state index is 0.0508. The van der Waals surface area contributed by atoms with Gasteiger partial charge in [-0.3, -0.25) is 9.52 Å². The molecule has 0 aliphatic rings. The molecule has 0 aliphatic carbocycles. The van der Waals surface area contributed by atoms with Gasteiger partial charge in [0.2, 0.25) is 5.13 Å². The standard InChI is InChI=1S/C7H6O2S.C6H9N5O5S2/c8-7(9)5-2-1-3-6(10)4-5;7-5-8-9-6(17-5)18-10-4(12)3-15-1-2-16-11(13)14/h1-4,10H,(H,8,9);1-3H2,(H2,7,8)(H,10,12). The maximum Gasteiger partial charge on any atom is 0.335 e. The third kappa shape index (κ3) is 10.5. The van der Waals surface area contributed by atoms with Gasteiger partial charge in [0.15, 0.2) is 4.34 Å². The first-order valence-electron chi connectivity index (χ1n) is 7.20. The molecule has 0 saturated heterocycles. The molecule has 0 fully saturated rings. The lowest BCUT2D eigenvalue weighted by Crippen LogP contribution is -2.22. The molecule has 2 rings (SSSR count). The topological polar surface area (TPSA) is 180 Å². The number of ether oxygens (including phenoxy) is 1. The lowest BCUT2D eigenvalue weighted by atomic mass is 10.2. The van der Waals surface area contributed by atoms with Gasteiger partial charge in [0, 0.05) is 16.8 Å². The van der Waals surface area contributed by atoms with E-state index in [1.54, 1.807) is 12.1 Å². The second-order valence-corrected chi connectivity index (χ2v) is 7.08. The number of anilines is 1. The molecule has 0 spiro atoms. The van der Waals surface area contributed by atoms with E-state index in [1.807, 2.05) is 0 Å². The number of amides is 1. The third-order valence-electron chi connectivity index (χ3n) is 2.42. The number of aromatic nitrogens is 2. The first-order valence-corrected chi connectivity index (χ1v) is 9.28. The highest BCUT2D eigenvalue weighted by Gasteiger charge is 2.06. The number of rotatable bonds is 9. The van der Waals surface area contributed by atoms with Crippen LogP contribution in [0.1, 0.15) is 10.4 Å². The second kappa shape index (κ2) is 12.7. The van der Waals surface area contributed by atoms with E-state index in [9.17, 15) is 19.7 Å². The van der Waals surface area contributed by atoms with Crippen molar-refractivity contribution < 1.29 is 29.4 Å². The van der Waals surface area contributed by atoms with E-state index in [2.05, 4.69) is 32.4 Å². The number of nitrogens with zero attached hydrogens (tertiary/aromatic N) is 3. The number of hydrogen-bond donors (Lipinski definition) is 4. The van der Waals surface area contributed by atoms with Crippen molar-refractivity contribution in [3.05, 3.63) is 39.9 Å². The Hall–Kier alpha value is -2.62. The van der Waals surface area contributed by atoms with Gasteiger partial charge in [-0.1, -0.05) is 17.4 Å². The van der Waals surface area contributed by atoms with Gasteiger partial charge in [0.25, 0.3) is 11.0 Å². The monoisotopic (exact) mass is 449 g/mol. The van der Waals surface area contributed by atoms with E-state index < -0.39 is 17.0 Å². The minimum Gasteiger partial charge on any atom is -0.478 e. The van der Waals surface area contributed by atoms with Crippen LogP contribution in [-0.2, 0) is 14.4 Å². The van der Waals surface area contributed by atoms with Crippen molar-refractivity contribution in [3.63, 3.8) is 0 Å². The van der Waals surface area contributed by atoms with Crippen molar-refractivity contribution in [1.29, 1.82) is 0 Å². The van der Waals surface area contributed by atoms with Crippen molar-refractivity contribution in [2.24, 2.45) is 0 Å². The molecule has 2 aromatic rings. The lowest BCUT2D eigenvalue weighted by molar-refractivity contribution is -0.758. The average molecular weight is 449 g/mol. The van der Waals surface area contributed by atoms with Crippen LogP contribution in [0.4, 0.5) is 5.13 Å². The number of thiol groups is 1. The zero-order valence-electron chi connectivity index (χ0n) is 14.0. The Kier molecular flexibility index (Phi) is 10.6. The fourth-order valence-electron chi connectivity index (χ4n) is 1.37. The van der Waals surface area contributed by atoms with Gasteiger partial charge in [0.1, 0.15) is 13.2 Å². The summed E-state index contributed by atoms with van der Waals surface area (Å²) in [6.45, 7) is -0.506. The number of nitrogens with one attached hydrogen (secondary N) is 1. The third-order valence-corrected chi connectivity index (χ3v) is 4.34. The largest absolute Gasteiger partial charge is 0.478 e. The van der Waals surface area contributed by atoms with Crippen LogP contribution in [0.5, 0.6) is 0 Å². The van der Waals surface area contributed by atoms with Crippen LogP contribution in [0.15, 0.2) is 33.5 Å². The molecule has 1 aromatic carbocycles. The minimum atomic E-state index is -0.931. The fraction of sp³-hybridized carbons (Fsp3) is 0.231. The van der Waals surface area contributed by atoms with Crippen molar-refractivity contribution in [1.82, 2.24) is 14.9 Å². The SMILES string of the molecule is Nc1nnc(SNC(=O)COCCO[N+](=O)[O-])s1.O=C(O)c1cccc(S)c1. The number of carboxylic acids is 1. The van der Waals surface area contributed by atoms with E-state index in [4.69, 9.17) is 15.6 Å². The Balaban J connectivity index is 0.000000330. The molecular formula is C13H15N5O7S3. The lowest BCUT2D eigenvalue weighted by Gasteiger charge is -2.03. The van der Waals surface area contributed by atoms with Crippen molar-refractivity contribution in [3.8, 4) is 0 Å². The molecule has 15 heteroatoms. The number of hydrogen-bond acceptors (Lipinski definition) is 12. The summed E-state index contributed by atoms with van der Waals surface area (Å²) in [5, 5.41) is 24.9. The number of nitrogens with two attached hydrogens (primary N) is 1. The molecule has 0 bridgehead atoms. The summed E-state index contributed by atoms with van der Waals surface area (Å²) >= 11 is 6.08. The normalized spacial score (nSPS) is 9.75. The summed E-state index contributed by atoms with van der Waals surface area (Å²) in [5.41, 5.74) is 5.62. The maximum absolute atomic E-state index is 11.2. The number of aromatic carboxylic acids is 1. The Bertz CT molecular complexity index is 804. The van der Waals surface area contributed by atoms with Crippen LogP contribution in [0.3, 0.4) is 0 Å². The summed E-state index contributed by atoms with van der Waals surface area (Å²) < 4.78 is 7.77. The molecule has 0 aliphatic heterocycles. The summed E-state index contributed by atoms with van der Waals surface area (Å²) in [7, 11) is 0. The molecule has 0 radical (unpaired) electrons. The summed E-state index contributed by atoms with van der Waals surface area (Å²) in [6.07, 6.45) is 0. The highest BCUT2D eigenvalue weighted by atomic mass is 32.2. The molecule has 1 aromatic heterocycles. The van der Waals surface area contributed by atoms with Crippen molar-refractivity contribution >= 4 is 52.9 Å². The van der Waals surface area contributed by atoms with Gasteiger partial charge < -0.3 is 20.4 Å². The van der Waals surface area contributed by atoms with E-state index in [0.717, 1.165) is 23.3 Å². The van der Waals surface area contributed by atoms with Gasteiger partial charge in [-0.05, 0) is 18.2 Å². The van der Waals surface area contributed by atoms with Crippen molar-refractivity contribution in [2.45, 2.75) is 9.24 Å². The smallest absolute Gasteiger partial charge is 0.335 e. The fourth-order valence-corrected chi connectivity index (χ4v) is 2.82. The van der Waals surface area contributed by atoms with Crippen LogP contribution < -0.4 is 10.5 Å². The van der Waals surface area contributed by atoms with Crippen molar-refractivity contribution in [2.75, 3.05) is 25.6 Å². The molecule has 4 N–H and O–H groups in total. The molecule has 1 heterocycles. The number of carboxylic acid groups (broad SMARTS) is 1. The molecular weight excluding hydrogens is 434 g/mol. The van der Waals surface area contributed by atoms with Crippen LogP contribution in [0.2, 0.25) is 0 Å². The Morgan fingerprint density at radius 1 is 1.39 bits per heavy atom. The highest BCUT2D eigenvalue weighted by Crippen LogP contribution is 2.20. The Labute approximate surface area is 172 Å².